The Kier molecular flexibility index (Phi) is 6.78. The summed E-state index contributed by atoms with van der Waals surface area (Å²) in [6.45, 7) is 0. The molecular weight excluding hydrogens is 623 g/mol. The zero-order chi connectivity index (χ0) is 33.7. The summed E-state index contributed by atoms with van der Waals surface area (Å²) in [6.07, 6.45) is 0. The molecule has 4 nitrogen and oxygen atoms in total. The van der Waals surface area contributed by atoms with E-state index in [0.717, 1.165) is 55.1 Å². The third-order valence-corrected chi connectivity index (χ3v) is 9.68. The molecule has 10 rings (SSSR count). The van der Waals surface area contributed by atoms with Crippen LogP contribution in [0.4, 0.5) is 0 Å². The van der Waals surface area contributed by atoms with Gasteiger partial charge in [0.15, 0.2) is 17.5 Å². The summed E-state index contributed by atoms with van der Waals surface area (Å²) in [5, 5.41) is 6.82. The molecule has 0 saturated heterocycles. The molecule has 0 aliphatic rings. The first kappa shape index (κ1) is 29.0. The maximum Gasteiger partial charge on any atom is 0.164 e. The molecule has 0 radical (unpaired) electrons. The lowest BCUT2D eigenvalue weighted by Gasteiger charge is -2.09. The molecule has 238 valence electrons. The first-order valence-electron chi connectivity index (χ1n) is 17.1. The van der Waals surface area contributed by atoms with Crippen molar-refractivity contribution < 1.29 is 4.42 Å². The molecule has 2 aromatic heterocycles. The lowest BCUT2D eigenvalue weighted by Crippen LogP contribution is -2.00. The summed E-state index contributed by atoms with van der Waals surface area (Å²) >= 11 is 0. The van der Waals surface area contributed by atoms with E-state index < -0.39 is 0 Å². The SMILES string of the molecule is c1ccc(-c2ccc3cc(-c4ccc5oc6ccc(-c7nc(-c8ccccc8)nc(-c8ccc9ccccc9c8)n7)cc6c5c4)ccc3c2)cc1. The molecule has 0 unspecified atom stereocenters. The largest absolute Gasteiger partial charge is 0.456 e. The first-order valence-corrected chi connectivity index (χ1v) is 17.1. The second kappa shape index (κ2) is 11.9. The molecule has 0 spiro atoms. The van der Waals surface area contributed by atoms with Crippen LogP contribution in [0.15, 0.2) is 180 Å². The fourth-order valence-electron chi connectivity index (χ4n) is 7.01. The maximum absolute atomic E-state index is 6.33. The third kappa shape index (κ3) is 5.31. The van der Waals surface area contributed by atoms with Crippen LogP contribution in [0.1, 0.15) is 0 Å². The zero-order valence-electron chi connectivity index (χ0n) is 27.5. The second-order valence-electron chi connectivity index (χ2n) is 12.9. The maximum atomic E-state index is 6.33. The molecule has 0 fully saturated rings. The van der Waals surface area contributed by atoms with E-state index in [1.807, 2.05) is 42.5 Å². The van der Waals surface area contributed by atoms with Gasteiger partial charge in [0.05, 0.1) is 0 Å². The van der Waals surface area contributed by atoms with E-state index in [9.17, 15) is 0 Å². The second-order valence-corrected chi connectivity index (χ2v) is 12.9. The van der Waals surface area contributed by atoms with Crippen LogP contribution in [0.25, 0.3) is 99.9 Å². The molecule has 0 bridgehead atoms. The van der Waals surface area contributed by atoms with Gasteiger partial charge in [-0.15, -0.1) is 0 Å². The summed E-state index contributed by atoms with van der Waals surface area (Å²) < 4.78 is 6.33. The number of furan rings is 1. The lowest BCUT2D eigenvalue weighted by atomic mass is 9.97. The van der Waals surface area contributed by atoms with Gasteiger partial charge < -0.3 is 4.42 Å². The quantitative estimate of drug-likeness (QED) is 0.186. The van der Waals surface area contributed by atoms with Crippen molar-refractivity contribution >= 4 is 43.5 Å². The molecule has 2 heterocycles. The van der Waals surface area contributed by atoms with Crippen LogP contribution in [0.2, 0.25) is 0 Å². The first-order chi connectivity index (χ1) is 25.2. The van der Waals surface area contributed by atoms with Gasteiger partial charge in [0.2, 0.25) is 0 Å². The highest BCUT2D eigenvalue weighted by Gasteiger charge is 2.16. The van der Waals surface area contributed by atoms with Crippen molar-refractivity contribution in [1.29, 1.82) is 0 Å². The predicted molar refractivity (Wildman–Crippen MR) is 209 cm³/mol. The van der Waals surface area contributed by atoms with Gasteiger partial charge in [-0.25, -0.2) is 15.0 Å². The number of fused-ring (bicyclic) bond motifs is 5. The van der Waals surface area contributed by atoms with Gasteiger partial charge in [-0.3, -0.25) is 0 Å². The fourth-order valence-corrected chi connectivity index (χ4v) is 7.01. The zero-order valence-corrected chi connectivity index (χ0v) is 27.5. The standard InChI is InChI=1S/C47H29N3O/c1-3-9-30(10-4-1)34-16-17-36-26-37(19-18-35(36)25-34)38-21-23-43-41(28-38)42-29-40(22-24-44(42)51-43)47-49-45(32-12-5-2-6-13-32)48-46(50-47)39-20-15-31-11-7-8-14-33(31)27-39/h1-29H. The third-order valence-electron chi connectivity index (χ3n) is 9.68. The van der Waals surface area contributed by atoms with Crippen molar-refractivity contribution in [1.82, 2.24) is 15.0 Å². The molecule has 0 aliphatic heterocycles. The van der Waals surface area contributed by atoms with E-state index in [4.69, 9.17) is 19.4 Å². The smallest absolute Gasteiger partial charge is 0.164 e. The van der Waals surface area contributed by atoms with E-state index in [0.29, 0.717) is 17.5 Å². The molecule has 0 N–H and O–H groups in total. The van der Waals surface area contributed by atoms with Crippen molar-refractivity contribution in [2.24, 2.45) is 0 Å². The Hall–Kier alpha value is -6.91. The van der Waals surface area contributed by atoms with Crippen LogP contribution in [-0.2, 0) is 0 Å². The minimum Gasteiger partial charge on any atom is -0.456 e. The average molecular weight is 652 g/mol. The number of rotatable bonds is 5. The molecule has 10 aromatic rings. The van der Waals surface area contributed by atoms with Gasteiger partial charge in [0.25, 0.3) is 0 Å². The highest BCUT2D eigenvalue weighted by Crippen LogP contribution is 2.36. The van der Waals surface area contributed by atoms with Crippen molar-refractivity contribution in [3.05, 3.63) is 176 Å². The van der Waals surface area contributed by atoms with E-state index >= 15 is 0 Å². The van der Waals surface area contributed by atoms with Crippen LogP contribution in [0.3, 0.4) is 0 Å². The Balaban J connectivity index is 1.07. The molecular formula is C47H29N3O. The monoisotopic (exact) mass is 651 g/mol. The number of hydrogen-bond donors (Lipinski definition) is 0. The van der Waals surface area contributed by atoms with Gasteiger partial charge in [-0.05, 0) is 92.3 Å². The summed E-state index contributed by atoms with van der Waals surface area (Å²) in [7, 11) is 0. The van der Waals surface area contributed by atoms with Gasteiger partial charge in [0.1, 0.15) is 11.2 Å². The van der Waals surface area contributed by atoms with E-state index in [-0.39, 0.29) is 0 Å². The van der Waals surface area contributed by atoms with E-state index in [1.54, 1.807) is 0 Å². The van der Waals surface area contributed by atoms with Gasteiger partial charge in [-0.2, -0.15) is 0 Å². The predicted octanol–water partition coefficient (Wildman–Crippen LogP) is 12.4. The van der Waals surface area contributed by atoms with Crippen LogP contribution < -0.4 is 0 Å². The van der Waals surface area contributed by atoms with Crippen molar-refractivity contribution in [3.63, 3.8) is 0 Å². The highest BCUT2D eigenvalue weighted by molar-refractivity contribution is 6.07. The van der Waals surface area contributed by atoms with Gasteiger partial charge in [0, 0.05) is 27.5 Å². The Morgan fingerprint density at radius 1 is 0.275 bits per heavy atom. The minimum absolute atomic E-state index is 0.615. The lowest BCUT2D eigenvalue weighted by molar-refractivity contribution is 0.669. The highest BCUT2D eigenvalue weighted by atomic mass is 16.3. The summed E-state index contributed by atoms with van der Waals surface area (Å²) in [4.78, 5) is 15.0. The van der Waals surface area contributed by atoms with Crippen LogP contribution >= 0.6 is 0 Å². The van der Waals surface area contributed by atoms with Crippen molar-refractivity contribution in [2.75, 3.05) is 0 Å². The number of aromatic nitrogens is 3. The average Bonchev–Trinajstić information content (AvgIpc) is 3.58. The van der Waals surface area contributed by atoms with Crippen LogP contribution in [-0.4, -0.2) is 15.0 Å². The van der Waals surface area contributed by atoms with Crippen molar-refractivity contribution in [2.45, 2.75) is 0 Å². The topological polar surface area (TPSA) is 51.8 Å². The number of benzene rings is 8. The van der Waals surface area contributed by atoms with Crippen LogP contribution in [0, 0.1) is 0 Å². The Labute approximate surface area is 294 Å². The summed E-state index contributed by atoms with van der Waals surface area (Å²) in [5.41, 5.74) is 9.19. The molecule has 0 amide bonds. The van der Waals surface area contributed by atoms with Gasteiger partial charge in [-0.1, -0.05) is 127 Å². The summed E-state index contributed by atoms with van der Waals surface area (Å²) in [5.74, 6) is 1.88. The molecule has 0 atom stereocenters. The molecule has 51 heavy (non-hydrogen) atoms. The Bertz CT molecular complexity index is 2910. The van der Waals surface area contributed by atoms with Gasteiger partial charge >= 0.3 is 0 Å². The molecule has 4 heteroatoms. The summed E-state index contributed by atoms with van der Waals surface area (Å²) in [6, 6.07) is 61.3. The Morgan fingerprint density at radius 2 is 0.667 bits per heavy atom. The Morgan fingerprint density at radius 3 is 1.33 bits per heavy atom. The molecule has 0 saturated carbocycles. The van der Waals surface area contributed by atoms with Crippen molar-refractivity contribution in [3.8, 4) is 56.4 Å². The number of hydrogen-bond acceptors (Lipinski definition) is 4. The normalized spacial score (nSPS) is 11.5. The molecule has 0 aliphatic carbocycles. The minimum atomic E-state index is 0.615. The van der Waals surface area contributed by atoms with E-state index in [2.05, 4.69) is 133 Å². The van der Waals surface area contributed by atoms with Crippen LogP contribution in [0.5, 0.6) is 0 Å². The number of nitrogens with zero attached hydrogens (tertiary/aromatic N) is 3. The van der Waals surface area contributed by atoms with E-state index in [1.165, 1.54) is 27.3 Å². The molecule has 8 aromatic carbocycles. The fraction of sp³-hybridized carbons (Fsp3) is 0.